The molecule has 220 valence electrons. The summed E-state index contributed by atoms with van der Waals surface area (Å²) in [6, 6.07) is 30.8. The van der Waals surface area contributed by atoms with Crippen molar-refractivity contribution in [1.29, 1.82) is 0 Å². The number of hydrogen-bond acceptors (Lipinski definition) is 3. The van der Waals surface area contributed by atoms with Gasteiger partial charge in [0.1, 0.15) is 17.3 Å². The Balaban J connectivity index is 1.61. The molecule has 0 atom stereocenters. The summed E-state index contributed by atoms with van der Waals surface area (Å²) in [6.07, 6.45) is 4.86. The first-order valence-corrected chi connectivity index (χ1v) is 16.7. The van der Waals surface area contributed by atoms with Crippen LogP contribution in [0, 0.1) is 10.1 Å². The molecular weight excluding hydrogens is 554 g/mol. The zero-order valence-corrected chi connectivity index (χ0v) is 25.6. The summed E-state index contributed by atoms with van der Waals surface area (Å²) in [5, 5.41) is 21.5. The molecule has 5 aromatic carbocycles. The molecule has 6 nitrogen and oxygen atoms in total. The average molecular weight is 593 g/mol. The number of nitrogens with one attached hydrogen (secondary N) is 2. The minimum absolute atomic E-state index is 0.0249. The van der Waals surface area contributed by atoms with Gasteiger partial charge in [-0.05, 0) is 63.5 Å². The largest absolute Gasteiger partial charge is 0.323 e. The van der Waals surface area contributed by atoms with Crippen LogP contribution in [0.2, 0.25) is 0 Å². The Morgan fingerprint density at radius 3 is 1.91 bits per heavy atom. The third-order valence-electron chi connectivity index (χ3n) is 7.71. The van der Waals surface area contributed by atoms with Gasteiger partial charge in [-0.15, -0.1) is 0 Å². The lowest BCUT2D eigenvalue weighted by atomic mass is 9.89. The lowest BCUT2D eigenvalue weighted by Crippen LogP contribution is -2.20. The molecule has 0 spiro atoms. The fraction of sp³-hybridized carbons (Fsp3) is 0.250. The van der Waals surface area contributed by atoms with E-state index >= 15 is 0 Å². The predicted molar refractivity (Wildman–Crippen MR) is 183 cm³/mol. The summed E-state index contributed by atoms with van der Waals surface area (Å²) < 4.78 is 0. The van der Waals surface area contributed by atoms with Gasteiger partial charge in [0.2, 0.25) is 0 Å². The van der Waals surface area contributed by atoms with Crippen LogP contribution in [-0.2, 0) is 16.6 Å². The molecule has 0 fully saturated rings. The van der Waals surface area contributed by atoms with Crippen LogP contribution in [-0.4, -0.2) is 22.5 Å². The van der Waals surface area contributed by atoms with Crippen LogP contribution in [0.4, 0.5) is 21.9 Å². The SMILES string of the molecule is CCCC[S+](CCCC)Cc1ccc2ccccc2c1-c1c(NC(=O)Nc2ccc([N+](=O)[O-])cc2)ccc2ccccc12. The van der Waals surface area contributed by atoms with E-state index in [0.29, 0.717) is 5.69 Å². The maximum Gasteiger partial charge on any atom is 0.323 e. The van der Waals surface area contributed by atoms with Crippen LogP contribution >= 0.6 is 0 Å². The number of carbonyl (C=O) groups excluding carboxylic acids is 1. The fourth-order valence-corrected chi connectivity index (χ4v) is 8.06. The Bertz CT molecular complexity index is 1730. The summed E-state index contributed by atoms with van der Waals surface area (Å²) in [5.41, 5.74) is 4.67. The number of hydrogen-bond donors (Lipinski definition) is 2. The summed E-state index contributed by atoms with van der Waals surface area (Å²) in [5.74, 6) is 3.49. The minimum atomic E-state index is -0.456. The third kappa shape index (κ3) is 7.17. The van der Waals surface area contributed by atoms with E-state index < -0.39 is 11.0 Å². The summed E-state index contributed by atoms with van der Waals surface area (Å²) in [4.78, 5) is 23.9. The maximum atomic E-state index is 13.3. The molecule has 43 heavy (non-hydrogen) atoms. The van der Waals surface area contributed by atoms with Crippen LogP contribution in [0.15, 0.2) is 97.1 Å². The van der Waals surface area contributed by atoms with E-state index in [2.05, 4.69) is 73.0 Å². The van der Waals surface area contributed by atoms with Gasteiger partial charge in [-0.3, -0.25) is 10.1 Å². The van der Waals surface area contributed by atoms with E-state index in [-0.39, 0.29) is 16.6 Å². The minimum Gasteiger partial charge on any atom is -0.308 e. The highest BCUT2D eigenvalue weighted by Crippen LogP contribution is 2.42. The lowest BCUT2D eigenvalue weighted by molar-refractivity contribution is -0.384. The second-order valence-electron chi connectivity index (χ2n) is 10.8. The number of rotatable bonds is 12. The number of non-ortho nitro benzene ring substituents is 1. The molecule has 0 radical (unpaired) electrons. The highest BCUT2D eigenvalue weighted by atomic mass is 32.2. The van der Waals surface area contributed by atoms with E-state index in [1.165, 1.54) is 78.0 Å². The van der Waals surface area contributed by atoms with E-state index in [1.807, 2.05) is 24.3 Å². The molecule has 2 N–H and O–H groups in total. The molecule has 0 unspecified atom stereocenters. The van der Waals surface area contributed by atoms with Crippen molar-refractivity contribution in [2.24, 2.45) is 0 Å². The number of unbranched alkanes of at least 4 members (excludes halogenated alkanes) is 2. The van der Waals surface area contributed by atoms with Gasteiger partial charge in [0, 0.05) is 34.5 Å². The molecule has 5 rings (SSSR count). The van der Waals surface area contributed by atoms with Gasteiger partial charge < -0.3 is 10.6 Å². The van der Waals surface area contributed by atoms with Crippen molar-refractivity contribution in [2.45, 2.75) is 45.3 Å². The monoisotopic (exact) mass is 592 g/mol. The molecule has 0 saturated heterocycles. The van der Waals surface area contributed by atoms with Crippen molar-refractivity contribution in [2.75, 3.05) is 22.1 Å². The number of carbonyl (C=O) groups is 1. The number of nitro groups is 1. The number of fused-ring (bicyclic) bond motifs is 2. The highest BCUT2D eigenvalue weighted by Gasteiger charge is 2.24. The molecular formula is C36H38N3O3S+. The van der Waals surface area contributed by atoms with Crippen molar-refractivity contribution >= 4 is 55.5 Å². The summed E-state index contributed by atoms with van der Waals surface area (Å²) in [7, 11) is 0.267. The predicted octanol–water partition coefficient (Wildman–Crippen LogP) is 9.93. The third-order valence-corrected chi connectivity index (χ3v) is 10.2. The van der Waals surface area contributed by atoms with E-state index in [1.54, 1.807) is 0 Å². The van der Waals surface area contributed by atoms with Crippen LogP contribution in [0.25, 0.3) is 32.7 Å². The summed E-state index contributed by atoms with van der Waals surface area (Å²) in [6.45, 7) is 4.52. The van der Waals surface area contributed by atoms with Crippen molar-refractivity contribution in [3.63, 3.8) is 0 Å². The number of urea groups is 1. The molecule has 7 heteroatoms. The topological polar surface area (TPSA) is 84.3 Å². The van der Waals surface area contributed by atoms with Crippen molar-refractivity contribution in [3.05, 3.63) is 113 Å². The number of amides is 2. The second kappa shape index (κ2) is 14.2. The molecule has 5 aromatic rings. The normalized spacial score (nSPS) is 11.2. The van der Waals surface area contributed by atoms with Crippen molar-refractivity contribution < 1.29 is 9.72 Å². The van der Waals surface area contributed by atoms with Gasteiger partial charge in [0.05, 0.1) is 10.6 Å². The Hall–Kier alpha value is -4.36. The molecule has 0 aromatic heterocycles. The number of nitrogens with zero attached hydrogens (tertiary/aromatic N) is 1. The van der Waals surface area contributed by atoms with E-state index in [9.17, 15) is 14.9 Å². The Kier molecular flexibility index (Phi) is 9.95. The van der Waals surface area contributed by atoms with Crippen molar-refractivity contribution in [3.8, 4) is 11.1 Å². The second-order valence-corrected chi connectivity index (χ2v) is 13.1. The zero-order valence-electron chi connectivity index (χ0n) is 24.8. The van der Waals surface area contributed by atoms with Crippen LogP contribution in [0.5, 0.6) is 0 Å². The Labute approximate surface area is 256 Å². The van der Waals surface area contributed by atoms with Gasteiger partial charge >= 0.3 is 6.03 Å². The van der Waals surface area contributed by atoms with Crippen LogP contribution < -0.4 is 10.6 Å². The number of nitro benzene ring substituents is 1. The standard InChI is InChI=1S/C36H37N3O3S/c1-3-5-23-43(24-6-4-2)25-28-16-15-26-11-7-9-13-31(26)34(28)35-32-14-10-8-12-27(32)17-22-33(35)38-36(40)37-29-18-20-30(21-19-29)39(41)42/h7-22H,3-6,23-25H2,1-2H3,(H-,37,38,40)/p+1. The van der Waals surface area contributed by atoms with Crippen LogP contribution in [0.1, 0.15) is 45.1 Å². The molecule has 0 bridgehead atoms. The first-order chi connectivity index (χ1) is 21.0. The Morgan fingerprint density at radius 2 is 1.30 bits per heavy atom. The van der Waals surface area contributed by atoms with E-state index in [0.717, 1.165) is 33.2 Å². The smallest absolute Gasteiger partial charge is 0.308 e. The number of anilines is 2. The van der Waals surface area contributed by atoms with Gasteiger partial charge in [-0.1, -0.05) is 93.4 Å². The van der Waals surface area contributed by atoms with Crippen LogP contribution in [0.3, 0.4) is 0 Å². The van der Waals surface area contributed by atoms with Crippen molar-refractivity contribution in [1.82, 2.24) is 0 Å². The molecule has 0 heterocycles. The lowest BCUT2D eigenvalue weighted by Gasteiger charge is -2.20. The molecule has 0 aliphatic rings. The molecule has 0 aliphatic heterocycles. The fourth-order valence-electron chi connectivity index (χ4n) is 5.49. The maximum absolute atomic E-state index is 13.3. The first kappa shape index (κ1) is 30.1. The Morgan fingerprint density at radius 1 is 0.721 bits per heavy atom. The first-order valence-electron chi connectivity index (χ1n) is 15.0. The number of benzene rings is 5. The van der Waals surface area contributed by atoms with Gasteiger partial charge in [0.25, 0.3) is 5.69 Å². The quantitative estimate of drug-likeness (QED) is 0.0859. The zero-order chi connectivity index (χ0) is 30.2. The molecule has 0 aliphatic carbocycles. The van der Waals surface area contributed by atoms with Gasteiger partial charge in [-0.2, -0.15) is 0 Å². The summed E-state index contributed by atoms with van der Waals surface area (Å²) >= 11 is 0. The average Bonchev–Trinajstić information content (AvgIpc) is 3.02. The highest BCUT2D eigenvalue weighted by molar-refractivity contribution is 7.96. The van der Waals surface area contributed by atoms with E-state index in [4.69, 9.17) is 0 Å². The van der Waals surface area contributed by atoms with Gasteiger partial charge in [0.15, 0.2) is 0 Å². The molecule has 0 saturated carbocycles. The van der Waals surface area contributed by atoms with Gasteiger partial charge in [-0.25, -0.2) is 4.79 Å². The molecule has 2 amide bonds.